The smallest absolute Gasteiger partial charge is 0.410 e. The zero-order valence-electron chi connectivity index (χ0n) is 19.7. The molecule has 1 aromatic rings. The largest absolute Gasteiger partial charge is 0.487 e. The molecule has 3 aliphatic rings. The van der Waals surface area contributed by atoms with E-state index >= 15 is 0 Å². The van der Waals surface area contributed by atoms with E-state index in [9.17, 15) is 9.59 Å². The van der Waals surface area contributed by atoms with Crippen molar-refractivity contribution >= 4 is 17.7 Å². The van der Waals surface area contributed by atoms with Crippen LogP contribution in [0.25, 0.3) is 0 Å². The van der Waals surface area contributed by atoms with Crippen LogP contribution in [0.15, 0.2) is 18.2 Å². The molecule has 4 rings (SSSR count). The summed E-state index contributed by atoms with van der Waals surface area (Å²) >= 11 is 0. The van der Waals surface area contributed by atoms with Crippen molar-refractivity contribution in [3.8, 4) is 5.75 Å². The van der Waals surface area contributed by atoms with Crippen molar-refractivity contribution in [2.45, 2.75) is 83.5 Å². The Balaban J connectivity index is 1.32. The number of piperidine rings is 2. The number of anilines is 1. The lowest BCUT2D eigenvalue weighted by molar-refractivity contribution is -0.121. The Bertz CT molecular complexity index is 824. The van der Waals surface area contributed by atoms with Gasteiger partial charge in [0.05, 0.1) is 6.10 Å². The quantitative estimate of drug-likeness (QED) is 0.765. The van der Waals surface area contributed by atoms with E-state index in [1.165, 1.54) is 11.3 Å². The molecule has 0 radical (unpaired) electrons. The molecule has 7 nitrogen and oxygen atoms in total. The standard InChI is InChI=1S/C25H37N3O4/c1-4-23(29)26-20-8-13-27(14-9-20)21-5-6-22-19(17-21)7-10-25(32-22)11-15-28(16-12-25)24(30)31-18(2)3/h5-6,17-18,20H,4,7-16H2,1-3H3,(H,26,29). The van der Waals surface area contributed by atoms with Gasteiger partial charge in [-0.25, -0.2) is 4.79 Å². The van der Waals surface area contributed by atoms with E-state index in [1.807, 2.05) is 20.8 Å². The van der Waals surface area contributed by atoms with Gasteiger partial charge in [0.25, 0.3) is 0 Å². The number of ether oxygens (including phenoxy) is 2. The van der Waals surface area contributed by atoms with Gasteiger partial charge in [-0.1, -0.05) is 6.92 Å². The van der Waals surface area contributed by atoms with Gasteiger partial charge in [0.2, 0.25) is 5.91 Å². The molecule has 0 aromatic heterocycles. The summed E-state index contributed by atoms with van der Waals surface area (Å²) in [6, 6.07) is 6.86. The SMILES string of the molecule is CCC(=O)NC1CCN(c2ccc3c(c2)CCC2(CCN(C(=O)OC(C)C)CC2)O3)CC1. The van der Waals surface area contributed by atoms with Crippen LogP contribution in [0.5, 0.6) is 5.75 Å². The molecule has 3 heterocycles. The number of aryl methyl sites for hydroxylation is 1. The van der Waals surface area contributed by atoms with Gasteiger partial charge < -0.3 is 24.6 Å². The molecule has 2 saturated heterocycles. The highest BCUT2D eigenvalue weighted by molar-refractivity contribution is 5.75. The summed E-state index contributed by atoms with van der Waals surface area (Å²) in [6.45, 7) is 8.94. The number of carbonyl (C=O) groups excluding carboxylic acids is 2. The molecule has 32 heavy (non-hydrogen) atoms. The summed E-state index contributed by atoms with van der Waals surface area (Å²) in [5.74, 6) is 1.13. The van der Waals surface area contributed by atoms with E-state index in [4.69, 9.17) is 9.47 Å². The van der Waals surface area contributed by atoms with E-state index in [0.717, 1.165) is 57.4 Å². The predicted molar refractivity (Wildman–Crippen MR) is 124 cm³/mol. The third kappa shape index (κ3) is 5.13. The number of fused-ring (bicyclic) bond motifs is 1. The van der Waals surface area contributed by atoms with E-state index in [1.54, 1.807) is 4.90 Å². The first kappa shape index (κ1) is 22.7. The van der Waals surface area contributed by atoms with Crippen molar-refractivity contribution in [3.05, 3.63) is 23.8 Å². The lowest BCUT2D eigenvalue weighted by atomic mass is 9.83. The predicted octanol–water partition coefficient (Wildman–Crippen LogP) is 3.89. The average molecular weight is 444 g/mol. The van der Waals surface area contributed by atoms with E-state index in [2.05, 4.69) is 28.4 Å². The normalized spacial score (nSPS) is 20.6. The van der Waals surface area contributed by atoms with Crippen LogP contribution in [0, 0.1) is 0 Å². The zero-order valence-corrected chi connectivity index (χ0v) is 19.7. The summed E-state index contributed by atoms with van der Waals surface area (Å²) in [7, 11) is 0. The third-order valence-electron chi connectivity index (χ3n) is 7.04. The summed E-state index contributed by atoms with van der Waals surface area (Å²) in [4.78, 5) is 28.1. The Morgan fingerprint density at radius 3 is 2.53 bits per heavy atom. The maximum Gasteiger partial charge on any atom is 0.410 e. The molecule has 0 saturated carbocycles. The maximum atomic E-state index is 12.2. The van der Waals surface area contributed by atoms with Crippen molar-refractivity contribution in [2.75, 3.05) is 31.1 Å². The molecule has 176 valence electrons. The van der Waals surface area contributed by atoms with Gasteiger partial charge in [0.1, 0.15) is 11.4 Å². The summed E-state index contributed by atoms with van der Waals surface area (Å²) in [5, 5.41) is 3.12. The van der Waals surface area contributed by atoms with Crippen LogP contribution in [0.3, 0.4) is 0 Å². The van der Waals surface area contributed by atoms with E-state index in [-0.39, 0.29) is 23.7 Å². The van der Waals surface area contributed by atoms with Crippen molar-refractivity contribution in [2.24, 2.45) is 0 Å². The van der Waals surface area contributed by atoms with Crippen LogP contribution in [-0.2, 0) is 16.0 Å². The van der Waals surface area contributed by atoms with Gasteiger partial charge in [-0.3, -0.25) is 4.79 Å². The van der Waals surface area contributed by atoms with Crippen molar-refractivity contribution in [1.82, 2.24) is 10.2 Å². The Labute approximate surface area is 191 Å². The van der Waals surface area contributed by atoms with Crippen molar-refractivity contribution in [1.29, 1.82) is 0 Å². The molecule has 0 bridgehead atoms. The fourth-order valence-electron chi connectivity index (χ4n) is 5.04. The van der Waals surface area contributed by atoms with Gasteiger partial charge in [0.15, 0.2) is 0 Å². The number of nitrogens with one attached hydrogen (secondary N) is 1. The number of amides is 2. The van der Waals surface area contributed by atoms with Gasteiger partial charge in [-0.15, -0.1) is 0 Å². The lowest BCUT2D eigenvalue weighted by Gasteiger charge is -2.44. The molecule has 0 unspecified atom stereocenters. The average Bonchev–Trinajstić information content (AvgIpc) is 2.79. The van der Waals surface area contributed by atoms with Crippen LogP contribution in [0.2, 0.25) is 0 Å². The molecular formula is C25H37N3O4. The molecule has 7 heteroatoms. The highest BCUT2D eigenvalue weighted by atomic mass is 16.6. The number of hydrogen-bond acceptors (Lipinski definition) is 5. The Morgan fingerprint density at radius 1 is 1.16 bits per heavy atom. The molecule has 2 fully saturated rings. The summed E-state index contributed by atoms with van der Waals surface area (Å²) < 4.78 is 11.9. The topological polar surface area (TPSA) is 71.1 Å². The van der Waals surface area contributed by atoms with Crippen LogP contribution < -0.4 is 15.0 Å². The summed E-state index contributed by atoms with van der Waals surface area (Å²) in [6.07, 6.45) is 5.89. The first-order chi connectivity index (χ1) is 15.4. The number of likely N-dealkylation sites (tertiary alicyclic amines) is 1. The van der Waals surface area contributed by atoms with Crippen molar-refractivity contribution < 1.29 is 19.1 Å². The van der Waals surface area contributed by atoms with Gasteiger partial charge >= 0.3 is 6.09 Å². The van der Waals surface area contributed by atoms with E-state index < -0.39 is 0 Å². The Kier molecular flexibility index (Phi) is 6.82. The second-order valence-corrected chi connectivity index (χ2v) is 9.68. The number of rotatable bonds is 4. The maximum absolute atomic E-state index is 12.2. The minimum absolute atomic E-state index is 0.0914. The molecular weight excluding hydrogens is 406 g/mol. The third-order valence-corrected chi connectivity index (χ3v) is 7.04. The van der Waals surface area contributed by atoms with Crippen LogP contribution in [-0.4, -0.2) is 60.8 Å². The minimum atomic E-state index is -0.214. The number of carbonyl (C=O) groups is 2. The molecule has 0 atom stereocenters. The fraction of sp³-hybridized carbons (Fsp3) is 0.680. The first-order valence-corrected chi connectivity index (χ1v) is 12.2. The highest BCUT2D eigenvalue weighted by Gasteiger charge is 2.41. The van der Waals surface area contributed by atoms with E-state index in [0.29, 0.717) is 25.6 Å². The lowest BCUT2D eigenvalue weighted by Crippen LogP contribution is -2.51. The zero-order chi connectivity index (χ0) is 22.7. The highest BCUT2D eigenvalue weighted by Crippen LogP contribution is 2.41. The molecule has 1 aromatic carbocycles. The summed E-state index contributed by atoms with van der Waals surface area (Å²) in [5.41, 5.74) is 2.35. The second-order valence-electron chi connectivity index (χ2n) is 9.68. The molecule has 2 amide bonds. The monoisotopic (exact) mass is 443 g/mol. The van der Waals surface area contributed by atoms with Gasteiger partial charge in [0, 0.05) is 57.2 Å². The Hall–Kier alpha value is -2.44. The van der Waals surface area contributed by atoms with Crippen LogP contribution in [0.1, 0.15) is 64.9 Å². The second kappa shape index (κ2) is 9.59. The number of hydrogen-bond donors (Lipinski definition) is 1. The van der Waals surface area contributed by atoms with Crippen LogP contribution >= 0.6 is 0 Å². The van der Waals surface area contributed by atoms with Gasteiger partial charge in [-0.2, -0.15) is 0 Å². The van der Waals surface area contributed by atoms with Crippen LogP contribution in [0.4, 0.5) is 10.5 Å². The number of benzene rings is 1. The number of nitrogens with zero attached hydrogens (tertiary/aromatic N) is 2. The molecule has 0 aliphatic carbocycles. The minimum Gasteiger partial charge on any atom is -0.487 e. The molecule has 1 spiro atoms. The van der Waals surface area contributed by atoms with Crippen molar-refractivity contribution in [3.63, 3.8) is 0 Å². The van der Waals surface area contributed by atoms with Gasteiger partial charge in [-0.05, 0) is 63.3 Å². The fourth-order valence-corrected chi connectivity index (χ4v) is 5.04. The molecule has 3 aliphatic heterocycles. The Morgan fingerprint density at radius 2 is 1.88 bits per heavy atom. The molecule has 1 N–H and O–H groups in total. The first-order valence-electron chi connectivity index (χ1n) is 12.2.